The van der Waals surface area contributed by atoms with Crippen molar-refractivity contribution in [2.24, 2.45) is 0 Å². The standard InChI is InChI=1S/C19H28N2O2S/c1-3-9-21(10-4-2)11-5-6-17-13-16-12-15(14-20-19(22)23)7-8-18(16)24-17/h7-8,12-13,20H,3-6,9-11,14H2,1-2H3,(H,22,23). The highest BCUT2D eigenvalue weighted by molar-refractivity contribution is 7.19. The highest BCUT2D eigenvalue weighted by Crippen LogP contribution is 2.27. The van der Waals surface area contributed by atoms with Crippen LogP contribution < -0.4 is 5.32 Å². The topological polar surface area (TPSA) is 52.6 Å². The second-order valence-electron chi connectivity index (χ2n) is 6.19. The summed E-state index contributed by atoms with van der Waals surface area (Å²) in [5.74, 6) is 0. The van der Waals surface area contributed by atoms with Gasteiger partial charge < -0.3 is 15.3 Å². The molecule has 4 nitrogen and oxygen atoms in total. The molecule has 0 unspecified atom stereocenters. The molecular weight excluding hydrogens is 320 g/mol. The maximum absolute atomic E-state index is 10.6. The molecule has 0 spiro atoms. The molecule has 1 aromatic carbocycles. The maximum Gasteiger partial charge on any atom is 0.404 e. The van der Waals surface area contributed by atoms with E-state index in [-0.39, 0.29) is 0 Å². The summed E-state index contributed by atoms with van der Waals surface area (Å²) >= 11 is 1.85. The number of thiophene rings is 1. The van der Waals surface area contributed by atoms with E-state index in [4.69, 9.17) is 5.11 Å². The van der Waals surface area contributed by atoms with Gasteiger partial charge in [0.05, 0.1) is 0 Å². The second-order valence-corrected chi connectivity index (χ2v) is 7.36. The summed E-state index contributed by atoms with van der Waals surface area (Å²) in [6.07, 6.45) is 3.77. The molecular formula is C19H28N2O2S. The molecule has 2 N–H and O–H groups in total. The van der Waals surface area contributed by atoms with Crippen molar-refractivity contribution in [1.82, 2.24) is 10.2 Å². The first-order chi connectivity index (χ1) is 11.6. The average Bonchev–Trinajstić information content (AvgIpc) is 2.95. The molecule has 0 bridgehead atoms. The van der Waals surface area contributed by atoms with Crippen molar-refractivity contribution in [2.45, 2.75) is 46.1 Å². The lowest BCUT2D eigenvalue weighted by Crippen LogP contribution is -2.26. The lowest BCUT2D eigenvalue weighted by Gasteiger charge is -2.20. The predicted molar refractivity (Wildman–Crippen MR) is 102 cm³/mol. The van der Waals surface area contributed by atoms with Crippen molar-refractivity contribution in [1.29, 1.82) is 0 Å². The minimum absolute atomic E-state index is 0.361. The number of benzene rings is 1. The van der Waals surface area contributed by atoms with Crippen molar-refractivity contribution >= 4 is 27.5 Å². The molecule has 1 aromatic heterocycles. The normalized spacial score (nSPS) is 11.3. The largest absolute Gasteiger partial charge is 0.465 e. The van der Waals surface area contributed by atoms with Crippen LogP contribution in [0.2, 0.25) is 0 Å². The number of nitrogens with one attached hydrogen (secondary N) is 1. The fourth-order valence-corrected chi connectivity index (χ4v) is 4.09. The minimum Gasteiger partial charge on any atom is -0.465 e. The molecule has 0 saturated carbocycles. The number of hydrogen-bond acceptors (Lipinski definition) is 3. The van der Waals surface area contributed by atoms with E-state index in [0.717, 1.165) is 12.0 Å². The molecule has 2 rings (SSSR count). The van der Waals surface area contributed by atoms with E-state index < -0.39 is 6.09 Å². The molecule has 132 valence electrons. The molecule has 1 amide bonds. The van der Waals surface area contributed by atoms with Crippen molar-refractivity contribution in [2.75, 3.05) is 19.6 Å². The Morgan fingerprint density at radius 2 is 1.92 bits per heavy atom. The number of nitrogens with zero attached hydrogens (tertiary/aromatic N) is 1. The van der Waals surface area contributed by atoms with E-state index in [9.17, 15) is 4.79 Å². The van der Waals surface area contributed by atoms with Gasteiger partial charge in [0, 0.05) is 16.1 Å². The van der Waals surface area contributed by atoms with Crippen molar-refractivity contribution in [3.05, 3.63) is 34.7 Å². The third-order valence-corrected chi connectivity index (χ3v) is 5.23. The van der Waals surface area contributed by atoms with Crippen LogP contribution in [-0.2, 0) is 13.0 Å². The van der Waals surface area contributed by atoms with E-state index in [1.54, 1.807) is 0 Å². The zero-order valence-electron chi connectivity index (χ0n) is 14.7. The molecule has 0 fully saturated rings. The van der Waals surface area contributed by atoms with Crippen LogP contribution in [0, 0.1) is 0 Å². The molecule has 0 aliphatic heterocycles. The van der Waals surface area contributed by atoms with Crippen LogP contribution in [0.5, 0.6) is 0 Å². The van der Waals surface area contributed by atoms with Crippen LogP contribution in [0.4, 0.5) is 4.79 Å². The van der Waals surface area contributed by atoms with E-state index in [1.807, 2.05) is 17.4 Å². The fraction of sp³-hybridized carbons (Fsp3) is 0.526. The summed E-state index contributed by atoms with van der Waals surface area (Å²) in [7, 11) is 0. The summed E-state index contributed by atoms with van der Waals surface area (Å²) < 4.78 is 1.28. The Morgan fingerprint density at radius 3 is 2.58 bits per heavy atom. The van der Waals surface area contributed by atoms with Gasteiger partial charge in [-0.3, -0.25) is 0 Å². The van der Waals surface area contributed by atoms with E-state index in [2.05, 4.69) is 42.3 Å². The smallest absolute Gasteiger partial charge is 0.404 e. The Bertz CT molecular complexity index is 648. The number of rotatable bonds is 10. The van der Waals surface area contributed by atoms with Crippen molar-refractivity contribution in [3.63, 3.8) is 0 Å². The highest BCUT2D eigenvalue weighted by Gasteiger charge is 2.06. The van der Waals surface area contributed by atoms with Gasteiger partial charge in [0.15, 0.2) is 0 Å². The lowest BCUT2D eigenvalue weighted by molar-refractivity contribution is 0.194. The van der Waals surface area contributed by atoms with Crippen molar-refractivity contribution < 1.29 is 9.90 Å². The van der Waals surface area contributed by atoms with Gasteiger partial charge in [-0.2, -0.15) is 0 Å². The Balaban J connectivity index is 1.91. The van der Waals surface area contributed by atoms with Crippen LogP contribution in [0.25, 0.3) is 10.1 Å². The minimum atomic E-state index is -0.982. The molecule has 5 heteroatoms. The zero-order chi connectivity index (χ0) is 17.4. The van der Waals surface area contributed by atoms with Crippen LogP contribution >= 0.6 is 11.3 Å². The Labute approximate surface area is 148 Å². The van der Waals surface area contributed by atoms with Gasteiger partial charge >= 0.3 is 6.09 Å². The number of carbonyl (C=O) groups is 1. The van der Waals surface area contributed by atoms with Gasteiger partial charge in [-0.05, 0) is 74.5 Å². The molecule has 1 heterocycles. The third kappa shape index (κ3) is 5.80. The summed E-state index contributed by atoms with van der Waals surface area (Å²) in [5.41, 5.74) is 1.01. The first-order valence-corrected chi connectivity index (χ1v) is 9.64. The summed E-state index contributed by atoms with van der Waals surface area (Å²) in [4.78, 5) is 14.6. The van der Waals surface area contributed by atoms with Gasteiger partial charge in [0.25, 0.3) is 0 Å². The number of fused-ring (bicyclic) bond motifs is 1. The van der Waals surface area contributed by atoms with Crippen LogP contribution in [0.15, 0.2) is 24.3 Å². The first-order valence-electron chi connectivity index (χ1n) is 8.82. The second kappa shape index (κ2) is 9.64. The molecule has 0 saturated heterocycles. The Kier molecular flexibility index (Phi) is 7.53. The molecule has 0 aliphatic carbocycles. The number of hydrogen-bond donors (Lipinski definition) is 2. The zero-order valence-corrected chi connectivity index (χ0v) is 15.5. The maximum atomic E-state index is 10.6. The molecule has 0 aliphatic rings. The third-order valence-electron chi connectivity index (χ3n) is 4.05. The predicted octanol–water partition coefficient (Wildman–Crippen LogP) is 4.72. The van der Waals surface area contributed by atoms with E-state index >= 15 is 0 Å². The molecule has 0 atom stereocenters. The molecule has 2 aromatic rings. The monoisotopic (exact) mass is 348 g/mol. The Morgan fingerprint density at radius 1 is 1.17 bits per heavy atom. The highest BCUT2D eigenvalue weighted by atomic mass is 32.1. The first kappa shape index (κ1) is 18.7. The van der Waals surface area contributed by atoms with E-state index in [0.29, 0.717) is 6.54 Å². The van der Waals surface area contributed by atoms with Gasteiger partial charge in [0.2, 0.25) is 0 Å². The Hall–Kier alpha value is -1.59. The number of carboxylic acid groups (broad SMARTS) is 1. The van der Waals surface area contributed by atoms with E-state index in [1.165, 1.54) is 53.9 Å². The molecule has 0 radical (unpaired) electrons. The van der Waals surface area contributed by atoms with Crippen LogP contribution in [0.3, 0.4) is 0 Å². The SMILES string of the molecule is CCCN(CCC)CCCc1cc2cc(CNC(=O)O)ccc2s1. The van der Waals surface area contributed by atoms with Crippen LogP contribution in [0.1, 0.15) is 43.6 Å². The fourth-order valence-electron chi connectivity index (χ4n) is 3.00. The van der Waals surface area contributed by atoms with Gasteiger partial charge in [0.1, 0.15) is 0 Å². The quantitative estimate of drug-likeness (QED) is 0.653. The number of amides is 1. The number of aryl methyl sites for hydroxylation is 1. The summed E-state index contributed by atoms with van der Waals surface area (Å²) in [6, 6.07) is 8.45. The van der Waals surface area contributed by atoms with Gasteiger partial charge in [-0.25, -0.2) is 4.79 Å². The summed E-state index contributed by atoms with van der Waals surface area (Å²) in [6.45, 7) is 8.40. The molecule has 24 heavy (non-hydrogen) atoms. The van der Waals surface area contributed by atoms with Crippen molar-refractivity contribution in [3.8, 4) is 0 Å². The van der Waals surface area contributed by atoms with Gasteiger partial charge in [-0.1, -0.05) is 19.9 Å². The lowest BCUT2D eigenvalue weighted by atomic mass is 10.1. The average molecular weight is 349 g/mol. The van der Waals surface area contributed by atoms with Gasteiger partial charge in [-0.15, -0.1) is 11.3 Å². The summed E-state index contributed by atoms with van der Waals surface area (Å²) in [5, 5.41) is 12.3. The van der Waals surface area contributed by atoms with Crippen LogP contribution in [-0.4, -0.2) is 35.7 Å².